The van der Waals surface area contributed by atoms with Gasteiger partial charge in [0, 0.05) is 19.4 Å². The molecule has 114 valence electrons. The van der Waals surface area contributed by atoms with E-state index in [0.29, 0.717) is 12.8 Å². The highest BCUT2D eigenvalue weighted by Gasteiger charge is 2.19. The number of carbonyl (C=O) groups excluding carboxylic acids is 1. The molecule has 0 aliphatic rings. The molecule has 0 atom stereocenters. The fourth-order valence-electron chi connectivity index (χ4n) is 1.38. The van der Waals surface area contributed by atoms with Gasteiger partial charge in [0.25, 0.3) is 0 Å². The van der Waals surface area contributed by atoms with Crippen molar-refractivity contribution < 1.29 is 27.5 Å². The molecular formula is C14H18F4O2. The van der Waals surface area contributed by atoms with E-state index in [1.807, 2.05) is 6.92 Å². The largest absolute Gasteiger partial charge is 0.396 e. The van der Waals surface area contributed by atoms with E-state index in [-0.39, 0.29) is 23.5 Å². The average molecular weight is 294 g/mol. The third-order valence-electron chi connectivity index (χ3n) is 2.72. The lowest BCUT2D eigenvalue weighted by Gasteiger charge is -2.05. The quantitative estimate of drug-likeness (QED) is 0.523. The van der Waals surface area contributed by atoms with Gasteiger partial charge in [0.05, 0.1) is 0 Å². The van der Waals surface area contributed by atoms with Crippen LogP contribution in [0.3, 0.4) is 0 Å². The van der Waals surface area contributed by atoms with Crippen molar-refractivity contribution in [2.24, 2.45) is 0 Å². The molecule has 0 aliphatic carbocycles. The molecule has 0 saturated heterocycles. The van der Waals surface area contributed by atoms with Crippen LogP contribution in [0.2, 0.25) is 0 Å². The zero-order chi connectivity index (χ0) is 15.9. The van der Waals surface area contributed by atoms with Crippen molar-refractivity contribution in [3.8, 4) is 0 Å². The SMILES string of the molecule is CCCC(=O)CCO.Cc1c(C)c(F)c(F)c(F)c1F. The average Bonchev–Trinajstić information content (AvgIpc) is 2.42. The van der Waals surface area contributed by atoms with Crippen molar-refractivity contribution in [2.75, 3.05) is 6.61 Å². The van der Waals surface area contributed by atoms with Crippen LogP contribution in [-0.4, -0.2) is 17.5 Å². The van der Waals surface area contributed by atoms with E-state index < -0.39 is 23.3 Å². The van der Waals surface area contributed by atoms with Gasteiger partial charge in [-0.3, -0.25) is 4.79 Å². The summed E-state index contributed by atoms with van der Waals surface area (Å²) in [7, 11) is 0. The molecule has 1 N–H and O–H groups in total. The summed E-state index contributed by atoms with van der Waals surface area (Å²) < 4.78 is 50.2. The minimum Gasteiger partial charge on any atom is -0.396 e. The summed E-state index contributed by atoms with van der Waals surface area (Å²) >= 11 is 0. The second-order valence-electron chi connectivity index (χ2n) is 4.27. The monoisotopic (exact) mass is 294 g/mol. The van der Waals surface area contributed by atoms with Gasteiger partial charge >= 0.3 is 0 Å². The predicted octanol–water partition coefficient (Wildman–Crippen LogP) is 3.60. The summed E-state index contributed by atoms with van der Waals surface area (Å²) in [6.45, 7) is 4.33. The van der Waals surface area contributed by atoms with E-state index in [9.17, 15) is 22.4 Å². The first kappa shape index (κ1) is 18.6. The highest BCUT2D eigenvalue weighted by Crippen LogP contribution is 2.22. The van der Waals surface area contributed by atoms with Crippen LogP contribution in [0.15, 0.2) is 0 Å². The molecule has 0 saturated carbocycles. The van der Waals surface area contributed by atoms with Gasteiger partial charge in [0.1, 0.15) is 5.78 Å². The van der Waals surface area contributed by atoms with E-state index in [0.717, 1.165) is 6.42 Å². The second-order valence-corrected chi connectivity index (χ2v) is 4.27. The Balaban J connectivity index is 0.000000396. The Labute approximate surface area is 115 Å². The molecule has 0 aliphatic heterocycles. The Morgan fingerprint density at radius 3 is 1.60 bits per heavy atom. The van der Waals surface area contributed by atoms with Gasteiger partial charge in [-0.2, -0.15) is 0 Å². The van der Waals surface area contributed by atoms with Crippen LogP contribution in [0.25, 0.3) is 0 Å². The second kappa shape index (κ2) is 8.68. The molecule has 1 aromatic rings. The number of carbonyl (C=O) groups is 1. The van der Waals surface area contributed by atoms with Crippen LogP contribution >= 0.6 is 0 Å². The zero-order valence-electron chi connectivity index (χ0n) is 11.7. The van der Waals surface area contributed by atoms with Crippen molar-refractivity contribution in [1.29, 1.82) is 0 Å². The van der Waals surface area contributed by atoms with Gasteiger partial charge in [-0.1, -0.05) is 6.92 Å². The molecule has 0 bridgehead atoms. The highest BCUT2D eigenvalue weighted by molar-refractivity contribution is 5.78. The van der Waals surface area contributed by atoms with Crippen molar-refractivity contribution in [3.63, 3.8) is 0 Å². The summed E-state index contributed by atoms with van der Waals surface area (Å²) in [5.41, 5.74) is -0.405. The molecule has 0 heterocycles. The number of benzene rings is 1. The molecule has 0 aromatic heterocycles. The normalized spacial score (nSPS) is 10.0. The van der Waals surface area contributed by atoms with E-state index >= 15 is 0 Å². The van der Waals surface area contributed by atoms with Crippen LogP contribution < -0.4 is 0 Å². The summed E-state index contributed by atoms with van der Waals surface area (Å²) in [5, 5.41) is 8.24. The number of rotatable bonds is 4. The third-order valence-corrected chi connectivity index (χ3v) is 2.72. The molecule has 1 rings (SSSR count). The minimum atomic E-state index is -1.75. The lowest BCUT2D eigenvalue weighted by Crippen LogP contribution is -2.02. The molecule has 6 heteroatoms. The molecule has 0 radical (unpaired) electrons. The topological polar surface area (TPSA) is 37.3 Å². The van der Waals surface area contributed by atoms with Crippen molar-refractivity contribution in [1.82, 2.24) is 0 Å². The molecule has 20 heavy (non-hydrogen) atoms. The Bertz CT molecular complexity index is 360. The number of aliphatic hydroxyl groups is 1. The number of aliphatic hydroxyl groups excluding tert-OH is 1. The molecule has 0 spiro atoms. The van der Waals surface area contributed by atoms with Gasteiger partial charge in [-0.05, 0) is 31.4 Å². The zero-order valence-corrected chi connectivity index (χ0v) is 11.7. The first-order valence-electron chi connectivity index (χ1n) is 6.19. The van der Waals surface area contributed by atoms with Gasteiger partial charge in [0.15, 0.2) is 23.3 Å². The molecule has 0 amide bonds. The number of halogens is 4. The Morgan fingerprint density at radius 1 is 0.900 bits per heavy atom. The van der Waals surface area contributed by atoms with Gasteiger partial charge < -0.3 is 5.11 Å². The maximum Gasteiger partial charge on any atom is 0.197 e. The van der Waals surface area contributed by atoms with Crippen LogP contribution in [-0.2, 0) is 4.79 Å². The van der Waals surface area contributed by atoms with Gasteiger partial charge in [-0.25, -0.2) is 17.6 Å². The van der Waals surface area contributed by atoms with Gasteiger partial charge in [0.2, 0.25) is 0 Å². The predicted molar refractivity (Wildman–Crippen MR) is 67.4 cm³/mol. The van der Waals surface area contributed by atoms with E-state index in [1.54, 1.807) is 0 Å². The number of hydrogen-bond donors (Lipinski definition) is 1. The van der Waals surface area contributed by atoms with Crippen LogP contribution in [0, 0.1) is 37.1 Å². The van der Waals surface area contributed by atoms with Crippen molar-refractivity contribution in [3.05, 3.63) is 34.4 Å². The number of hydrogen-bond acceptors (Lipinski definition) is 2. The standard InChI is InChI=1S/C8H6F4.C6H12O2/c1-3-4(2)6(10)8(12)7(11)5(3)9;1-2-3-6(8)4-5-7/h1-2H3;7H,2-5H2,1H3. The molecule has 2 nitrogen and oxygen atoms in total. The van der Waals surface area contributed by atoms with Crippen LogP contribution in [0.5, 0.6) is 0 Å². The maximum absolute atomic E-state index is 12.7. The smallest absolute Gasteiger partial charge is 0.197 e. The fourth-order valence-corrected chi connectivity index (χ4v) is 1.38. The molecule has 0 unspecified atom stereocenters. The summed E-state index contributed by atoms with van der Waals surface area (Å²) in [4.78, 5) is 10.5. The lowest BCUT2D eigenvalue weighted by molar-refractivity contribution is -0.119. The first-order valence-corrected chi connectivity index (χ1v) is 6.19. The van der Waals surface area contributed by atoms with Crippen LogP contribution in [0.4, 0.5) is 17.6 Å². The molecule has 0 fully saturated rings. The summed E-state index contributed by atoms with van der Waals surface area (Å²) in [5.74, 6) is -6.00. The van der Waals surface area contributed by atoms with Crippen LogP contribution in [0.1, 0.15) is 37.3 Å². The summed E-state index contributed by atoms with van der Waals surface area (Å²) in [6, 6.07) is 0. The lowest BCUT2D eigenvalue weighted by atomic mass is 10.1. The van der Waals surface area contributed by atoms with Crippen molar-refractivity contribution in [2.45, 2.75) is 40.0 Å². The Morgan fingerprint density at radius 2 is 1.30 bits per heavy atom. The third kappa shape index (κ3) is 4.92. The summed E-state index contributed by atoms with van der Waals surface area (Å²) in [6.07, 6.45) is 1.83. The Kier molecular flexibility index (Phi) is 8.06. The van der Waals surface area contributed by atoms with E-state index in [4.69, 9.17) is 5.11 Å². The number of Topliss-reactive ketones (excluding diaryl/α,β-unsaturated/α-hetero) is 1. The molecule has 1 aromatic carbocycles. The molecular weight excluding hydrogens is 276 g/mol. The number of ketones is 1. The fraction of sp³-hybridized carbons (Fsp3) is 0.500. The Hall–Kier alpha value is -1.43. The maximum atomic E-state index is 12.7. The minimum absolute atomic E-state index is 0.00116. The highest BCUT2D eigenvalue weighted by atomic mass is 19.2. The van der Waals surface area contributed by atoms with Crippen molar-refractivity contribution >= 4 is 5.78 Å². The van der Waals surface area contributed by atoms with Gasteiger partial charge in [-0.15, -0.1) is 0 Å². The van der Waals surface area contributed by atoms with E-state index in [1.165, 1.54) is 13.8 Å². The van der Waals surface area contributed by atoms with E-state index in [2.05, 4.69) is 0 Å². The first-order chi connectivity index (χ1) is 9.27.